The topological polar surface area (TPSA) is 30.5 Å². The van der Waals surface area contributed by atoms with Crippen LogP contribution < -0.4 is 10.1 Å². The van der Waals surface area contributed by atoms with E-state index < -0.39 is 0 Å². The van der Waals surface area contributed by atoms with E-state index in [1.165, 1.54) is 5.56 Å². The normalized spacial score (nSPS) is 22.7. The third-order valence-corrected chi connectivity index (χ3v) is 3.24. The fourth-order valence-corrected chi connectivity index (χ4v) is 2.31. The Kier molecular flexibility index (Phi) is 4.61. The Labute approximate surface area is 109 Å². The third-order valence-electron chi connectivity index (χ3n) is 3.24. The molecular weight excluding hydrogens is 226 g/mol. The molecule has 1 aliphatic heterocycles. The van der Waals surface area contributed by atoms with Gasteiger partial charge < -0.3 is 14.8 Å². The summed E-state index contributed by atoms with van der Waals surface area (Å²) in [5, 5.41) is 3.58. The Morgan fingerprint density at radius 3 is 2.94 bits per heavy atom. The summed E-state index contributed by atoms with van der Waals surface area (Å²) in [7, 11) is 0. The zero-order chi connectivity index (χ0) is 13.0. The van der Waals surface area contributed by atoms with Gasteiger partial charge in [0, 0.05) is 24.1 Å². The van der Waals surface area contributed by atoms with Crippen LogP contribution in [0.4, 0.5) is 0 Å². The second kappa shape index (κ2) is 6.21. The highest BCUT2D eigenvalue weighted by Crippen LogP contribution is 2.34. The second-order valence-electron chi connectivity index (χ2n) is 5.18. The summed E-state index contributed by atoms with van der Waals surface area (Å²) in [6.07, 6.45) is 0.297. The van der Waals surface area contributed by atoms with Gasteiger partial charge in [-0.15, -0.1) is 0 Å². The SMILES string of the molecule is CC(C)OCCNC1c2ccccc2OCC1C. The summed E-state index contributed by atoms with van der Waals surface area (Å²) in [5.41, 5.74) is 1.26. The molecule has 0 fully saturated rings. The molecule has 1 N–H and O–H groups in total. The zero-order valence-electron chi connectivity index (χ0n) is 11.5. The third kappa shape index (κ3) is 3.24. The van der Waals surface area contributed by atoms with Gasteiger partial charge in [-0.25, -0.2) is 0 Å². The van der Waals surface area contributed by atoms with Crippen molar-refractivity contribution in [3.8, 4) is 5.75 Å². The van der Waals surface area contributed by atoms with Crippen LogP contribution in [0.25, 0.3) is 0 Å². The van der Waals surface area contributed by atoms with Crippen LogP contribution in [0.1, 0.15) is 32.4 Å². The molecule has 0 aromatic heterocycles. The van der Waals surface area contributed by atoms with Crippen molar-refractivity contribution in [3.63, 3.8) is 0 Å². The lowest BCUT2D eigenvalue weighted by Gasteiger charge is -2.32. The van der Waals surface area contributed by atoms with E-state index in [2.05, 4.69) is 38.2 Å². The maximum atomic E-state index is 5.74. The van der Waals surface area contributed by atoms with Gasteiger partial charge in [0.2, 0.25) is 0 Å². The molecule has 3 heteroatoms. The van der Waals surface area contributed by atoms with Crippen molar-refractivity contribution in [2.24, 2.45) is 5.92 Å². The molecule has 3 nitrogen and oxygen atoms in total. The van der Waals surface area contributed by atoms with Crippen LogP contribution in [-0.4, -0.2) is 25.9 Å². The van der Waals surface area contributed by atoms with Crippen molar-refractivity contribution >= 4 is 0 Å². The van der Waals surface area contributed by atoms with Gasteiger partial charge in [-0.3, -0.25) is 0 Å². The molecular formula is C15H23NO2. The summed E-state index contributed by atoms with van der Waals surface area (Å²) < 4.78 is 11.3. The van der Waals surface area contributed by atoms with Crippen LogP contribution in [0.2, 0.25) is 0 Å². The number of nitrogens with one attached hydrogen (secondary N) is 1. The van der Waals surface area contributed by atoms with Gasteiger partial charge in [0.1, 0.15) is 5.75 Å². The highest BCUT2D eigenvalue weighted by molar-refractivity contribution is 5.37. The highest BCUT2D eigenvalue weighted by atomic mass is 16.5. The minimum Gasteiger partial charge on any atom is -0.493 e. The van der Waals surface area contributed by atoms with Crippen molar-refractivity contribution in [1.82, 2.24) is 5.32 Å². The maximum absolute atomic E-state index is 5.74. The molecule has 2 atom stereocenters. The standard InChI is InChI=1S/C15H23NO2/c1-11(2)17-9-8-16-15-12(3)10-18-14-7-5-4-6-13(14)15/h4-7,11-12,15-16H,8-10H2,1-3H3. The second-order valence-corrected chi connectivity index (χ2v) is 5.18. The molecule has 0 bridgehead atoms. The molecule has 1 aromatic rings. The largest absolute Gasteiger partial charge is 0.493 e. The van der Waals surface area contributed by atoms with Crippen LogP contribution in [0.5, 0.6) is 5.75 Å². The Hall–Kier alpha value is -1.06. The highest BCUT2D eigenvalue weighted by Gasteiger charge is 2.26. The van der Waals surface area contributed by atoms with Gasteiger partial charge in [-0.05, 0) is 19.9 Å². The number of ether oxygens (including phenoxy) is 2. The minimum atomic E-state index is 0.297. The zero-order valence-corrected chi connectivity index (χ0v) is 11.5. The first-order valence-corrected chi connectivity index (χ1v) is 6.75. The summed E-state index contributed by atoms with van der Waals surface area (Å²) in [6.45, 7) is 8.75. The summed E-state index contributed by atoms with van der Waals surface area (Å²) in [5.74, 6) is 1.50. The van der Waals surface area contributed by atoms with E-state index >= 15 is 0 Å². The number of hydrogen-bond acceptors (Lipinski definition) is 3. The van der Waals surface area contributed by atoms with Crippen LogP contribution in [0, 0.1) is 5.92 Å². The van der Waals surface area contributed by atoms with E-state index in [0.29, 0.717) is 18.1 Å². The Morgan fingerprint density at radius 1 is 1.39 bits per heavy atom. The number of fused-ring (bicyclic) bond motifs is 1. The fraction of sp³-hybridized carbons (Fsp3) is 0.600. The van der Waals surface area contributed by atoms with Gasteiger partial charge in [0.15, 0.2) is 0 Å². The van der Waals surface area contributed by atoms with Gasteiger partial charge >= 0.3 is 0 Å². The summed E-state index contributed by atoms with van der Waals surface area (Å²) in [6, 6.07) is 8.64. The molecule has 1 heterocycles. The van der Waals surface area contributed by atoms with E-state index in [1.807, 2.05) is 12.1 Å². The lowest BCUT2D eigenvalue weighted by Crippen LogP contribution is -2.35. The van der Waals surface area contributed by atoms with Crippen LogP contribution in [-0.2, 0) is 4.74 Å². The molecule has 100 valence electrons. The van der Waals surface area contributed by atoms with E-state index in [4.69, 9.17) is 9.47 Å². The van der Waals surface area contributed by atoms with Crippen LogP contribution in [0.15, 0.2) is 24.3 Å². The molecule has 0 saturated heterocycles. The number of rotatable bonds is 5. The predicted octanol–water partition coefficient (Wildman–Crippen LogP) is 2.77. The lowest BCUT2D eigenvalue weighted by molar-refractivity contribution is 0.0759. The quantitative estimate of drug-likeness (QED) is 0.814. The average Bonchev–Trinajstić information content (AvgIpc) is 2.36. The smallest absolute Gasteiger partial charge is 0.124 e. The summed E-state index contributed by atoms with van der Waals surface area (Å²) >= 11 is 0. The molecule has 0 aliphatic carbocycles. The molecule has 0 saturated carbocycles. The first-order chi connectivity index (χ1) is 8.68. The van der Waals surface area contributed by atoms with Crippen LogP contribution in [0.3, 0.4) is 0 Å². The Bertz CT molecular complexity index is 379. The van der Waals surface area contributed by atoms with Gasteiger partial charge in [-0.1, -0.05) is 25.1 Å². The number of benzene rings is 1. The van der Waals surface area contributed by atoms with Crippen molar-refractivity contribution in [2.45, 2.75) is 32.9 Å². The molecule has 2 rings (SSSR count). The summed E-state index contributed by atoms with van der Waals surface area (Å²) in [4.78, 5) is 0. The minimum absolute atomic E-state index is 0.297. The first kappa shape index (κ1) is 13.4. The van der Waals surface area contributed by atoms with Crippen molar-refractivity contribution in [2.75, 3.05) is 19.8 Å². The molecule has 0 amide bonds. The molecule has 0 spiro atoms. The van der Waals surface area contributed by atoms with Crippen molar-refractivity contribution in [3.05, 3.63) is 29.8 Å². The predicted molar refractivity (Wildman–Crippen MR) is 72.9 cm³/mol. The van der Waals surface area contributed by atoms with Gasteiger partial charge in [0.05, 0.1) is 19.3 Å². The van der Waals surface area contributed by atoms with E-state index in [-0.39, 0.29) is 0 Å². The number of para-hydroxylation sites is 1. The Balaban J connectivity index is 1.94. The van der Waals surface area contributed by atoms with Crippen LogP contribution >= 0.6 is 0 Å². The monoisotopic (exact) mass is 249 g/mol. The Morgan fingerprint density at radius 2 is 2.17 bits per heavy atom. The van der Waals surface area contributed by atoms with E-state index in [9.17, 15) is 0 Å². The van der Waals surface area contributed by atoms with E-state index in [1.54, 1.807) is 0 Å². The molecule has 1 aromatic carbocycles. The molecule has 0 radical (unpaired) electrons. The van der Waals surface area contributed by atoms with Gasteiger partial charge in [0.25, 0.3) is 0 Å². The van der Waals surface area contributed by atoms with Crippen molar-refractivity contribution in [1.29, 1.82) is 0 Å². The lowest BCUT2D eigenvalue weighted by atomic mass is 9.92. The van der Waals surface area contributed by atoms with E-state index in [0.717, 1.165) is 25.5 Å². The van der Waals surface area contributed by atoms with Crippen molar-refractivity contribution < 1.29 is 9.47 Å². The molecule has 18 heavy (non-hydrogen) atoms. The fourth-order valence-electron chi connectivity index (χ4n) is 2.31. The average molecular weight is 249 g/mol. The molecule has 2 unspecified atom stereocenters. The maximum Gasteiger partial charge on any atom is 0.124 e. The van der Waals surface area contributed by atoms with Gasteiger partial charge in [-0.2, -0.15) is 0 Å². The number of hydrogen-bond donors (Lipinski definition) is 1. The first-order valence-electron chi connectivity index (χ1n) is 6.75. The molecule has 1 aliphatic rings.